The van der Waals surface area contributed by atoms with E-state index in [1.807, 2.05) is 0 Å². The van der Waals surface area contributed by atoms with E-state index in [9.17, 15) is 9.59 Å². The van der Waals surface area contributed by atoms with Gasteiger partial charge in [-0.2, -0.15) is 0 Å². The van der Waals surface area contributed by atoms with Crippen LogP contribution < -0.4 is 10.6 Å². The van der Waals surface area contributed by atoms with Gasteiger partial charge in [-0.15, -0.1) is 0 Å². The van der Waals surface area contributed by atoms with Crippen LogP contribution in [-0.2, 0) is 10.3 Å². The van der Waals surface area contributed by atoms with E-state index < -0.39 is 11.6 Å². The number of hydrogen-bond acceptors (Lipinski definition) is 3. The Hall–Kier alpha value is -1.91. The second-order valence-corrected chi connectivity index (χ2v) is 4.86. The zero-order valence-corrected chi connectivity index (χ0v) is 11.1. The van der Waals surface area contributed by atoms with Gasteiger partial charge in [0.05, 0.1) is 0 Å². The lowest BCUT2D eigenvalue weighted by Crippen LogP contribution is -2.43. The van der Waals surface area contributed by atoms with Gasteiger partial charge in [-0.05, 0) is 24.1 Å². The van der Waals surface area contributed by atoms with Gasteiger partial charge < -0.3 is 5.32 Å². The van der Waals surface area contributed by atoms with Crippen molar-refractivity contribution < 1.29 is 9.59 Å². The molecule has 0 bridgehead atoms. The van der Waals surface area contributed by atoms with Crippen molar-refractivity contribution in [3.8, 4) is 0 Å². The number of hydrogen-bond donors (Lipinski definition) is 2. The third-order valence-electron chi connectivity index (χ3n) is 3.52. The highest BCUT2D eigenvalue weighted by molar-refractivity contribution is 6.07. The van der Waals surface area contributed by atoms with Crippen LogP contribution in [0.15, 0.2) is 24.5 Å². The van der Waals surface area contributed by atoms with E-state index >= 15 is 0 Å². The minimum absolute atomic E-state index is 0.264. The first-order valence-corrected chi connectivity index (χ1v) is 6.73. The zero-order valence-electron chi connectivity index (χ0n) is 11.1. The molecule has 2 N–H and O–H groups in total. The number of urea groups is 1. The molecule has 1 aromatic heterocycles. The minimum Gasteiger partial charge on any atom is -0.319 e. The van der Waals surface area contributed by atoms with E-state index in [0.717, 1.165) is 31.2 Å². The topological polar surface area (TPSA) is 71.1 Å². The highest BCUT2D eigenvalue weighted by Crippen LogP contribution is 2.30. The van der Waals surface area contributed by atoms with Crippen molar-refractivity contribution in [2.75, 3.05) is 0 Å². The highest BCUT2D eigenvalue weighted by Gasteiger charge is 2.46. The van der Waals surface area contributed by atoms with Crippen molar-refractivity contribution in [2.45, 2.75) is 44.6 Å². The van der Waals surface area contributed by atoms with Crippen molar-refractivity contribution in [1.82, 2.24) is 15.6 Å². The number of imide groups is 1. The average Bonchev–Trinajstić information content (AvgIpc) is 2.71. The summed E-state index contributed by atoms with van der Waals surface area (Å²) in [4.78, 5) is 27.6. The molecular weight excluding hydrogens is 242 g/mol. The Labute approximate surface area is 112 Å². The molecule has 1 aliphatic rings. The van der Waals surface area contributed by atoms with Gasteiger partial charge in [0.25, 0.3) is 5.91 Å². The van der Waals surface area contributed by atoms with Crippen LogP contribution in [-0.4, -0.2) is 16.9 Å². The molecule has 1 fully saturated rings. The highest BCUT2D eigenvalue weighted by atomic mass is 16.2. The summed E-state index contributed by atoms with van der Waals surface area (Å²) in [6.45, 7) is 2.14. The Morgan fingerprint density at radius 1 is 1.16 bits per heavy atom. The van der Waals surface area contributed by atoms with Gasteiger partial charge in [-0.25, -0.2) is 4.79 Å². The molecule has 102 valence electrons. The number of carbonyl (C=O) groups is 2. The number of pyridine rings is 1. The predicted molar refractivity (Wildman–Crippen MR) is 71.3 cm³/mol. The number of carbonyl (C=O) groups excluding carboxylic acids is 2. The summed E-state index contributed by atoms with van der Waals surface area (Å²) < 4.78 is 0. The third kappa shape index (κ3) is 2.75. The van der Waals surface area contributed by atoms with Gasteiger partial charge in [0, 0.05) is 12.4 Å². The molecule has 0 aromatic carbocycles. The molecule has 1 saturated heterocycles. The van der Waals surface area contributed by atoms with Crippen LogP contribution >= 0.6 is 0 Å². The van der Waals surface area contributed by atoms with Crippen molar-refractivity contribution >= 4 is 11.9 Å². The summed E-state index contributed by atoms with van der Waals surface area (Å²) in [6.07, 6.45) is 8.15. The Balaban J connectivity index is 2.19. The maximum atomic E-state index is 12.2. The van der Waals surface area contributed by atoms with Crippen LogP contribution in [0.5, 0.6) is 0 Å². The number of nitrogens with one attached hydrogen (secondary N) is 2. The van der Waals surface area contributed by atoms with Crippen molar-refractivity contribution in [1.29, 1.82) is 0 Å². The normalized spacial score (nSPS) is 22.2. The Kier molecular flexibility index (Phi) is 4.14. The molecule has 5 heteroatoms. The molecule has 0 radical (unpaired) electrons. The lowest BCUT2D eigenvalue weighted by molar-refractivity contribution is -0.124. The second kappa shape index (κ2) is 5.82. The molecule has 1 aliphatic heterocycles. The Morgan fingerprint density at radius 2 is 1.89 bits per heavy atom. The lowest BCUT2D eigenvalue weighted by atomic mass is 9.85. The smallest absolute Gasteiger partial charge is 0.319 e. The van der Waals surface area contributed by atoms with E-state index in [0.29, 0.717) is 6.42 Å². The van der Waals surface area contributed by atoms with Gasteiger partial charge in [0.1, 0.15) is 5.54 Å². The molecular formula is C14H19N3O2. The fourth-order valence-electron chi connectivity index (χ4n) is 2.47. The van der Waals surface area contributed by atoms with Gasteiger partial charge in [-0.1, -0.05) is 32.6 Å². The standard InChI is InChI=1S/C14H19N3O2/c1-2-3-4-5-8-14(11-6-9-15-10-7-11)12(18)16-13(19)17-14/h6-7,9-10H,2-5,8H2,1H3,(H2,16,17,18,19). The van der Waals surface area contributed by atoms with E-state index in [1.54, 1.807) is 24.5 Å². The largest absolute Gasteiger partial charge is 0.322 e. The molecule has 0 aliphatic carbocycles. The quantitative estimate of drug-likeness (QED) is 0.608. The third-order valence-corrected chi connectivity index (χ3v) is 3.52. The van der Waals surface area contributed by atoms with Crippen LogP contribution in [0.25, 0.3) is 0 Å². The Morgan fingerprint density at radius 3 is 2.47 bits per heavy atom. The number of nitrogens with zero attached hydrogens (tertiary/aromatic N) is 1. The van der Waals surface area contributed by atoms with Crippen LogP contribution in [0.3, 0.4) is 0 Å². The van der Waals surface area contributed by atoms with Gasteiger partial charge in [0.2, 0.25) is 0 Å². The van der Waals surface area contributed by atoms with Crippen LogP contribution in [0.4, 0.5) is 4.79 Å². The van der Waals surface area contributed by atoms with Crippen molar-refractivity contribution in [3.63, 3.8) is 0 Å². The van der Waals surface area contributed by atoms with Crippen LogP contribution in [0.1, 0.15) is 44.6 Å². The summed E-state index contributed by atoms with van der Waals surface area (Å²) in [7, 11) is 0. The molecule has 3 amide bonds. The molecule has 0 saturated carbocycles. The first-order valence-electron chi connectivity index (χ1n) is 6.73. The molecule has 2 rings (SSSR count). The molecule has 1 unspecified atom stereocenters. The second-order valence-electron chi connectivity index (χ2n) is 4.86. The van der Waals surface area contributed by atoms with Crippen LogP contribution in [0, 0.1) is 0 Å². The van der Waals surface area contributed by atoms with E-state index in [4.69, 9.17) is 0 Å². The maximum Gasteiger partial charge on any atom is 0.322 e. The number of amides is 3. The summed E-state index contributed by atoms with van der Waals surface area (Å²) in [5.41, 5.74) is -0.129. The van der Waals surface area contributed by atoms with Crippen molar-refractivity contribution in [2.24, 2.45) is 0 Å². The first kappa shape index (κ1) is 13.5. The van der Waals surface area contributed by atoms with E-state index in [-0.39, 0.29) is 5.91 Å². The minimum atomic E-state index is -0.923. The molecule has 19 heavy (non-hydrogen) atoms. The summed E-state index contributed by atoms with van der Waals surface area (Å²) >= 11 is 0. The van der Waals surface area contributed by atoms with Crippen molar-refractivity contribution in [3.05, 3.63) is 30.1 Å². The first-order chi connectivity index (χ1) is 9.19. The van der Waals surface area contributed by atoms with E-state index in [1.165, 1.54) is 0 Å². The molecule has 0 spiro atoms. The summed E-state index contributed by atoms with van der Waals surface area (Å²) in [6, 6.07) is 3.15. The average molecular weight is 261 g/mol. The van der Waals surface area contributed by atoms with Crippen LogP contribution in [0.2, 0.25) is 0 Å². The van der Waals surface area contributed by atoms with E-state index in [2.05, 4.69) is 22.5 Å². The molecule has 5 nitrogen and oxygen atoms in total. The maximum absolute atomic E-state index is 12.2. The zero-order chi connectivity index (χ0) is 13.7. The monoisotopic (exact) mass is 261 g/mol. The molecule has 1 aromatic rings. The number of rotatable bonds is 6. The number of aromatic nitrogens is 1. The summed E-state index contributed by atoms with van der Waals surface area (Å²) in [5, 5.41) is 5.12. The van der Waals surface area contributed by atoms with Gasteiger partial charge in [0.15, 0.2) is 0 Å². The fourth-order valence-corrected chi connectivity index (χ4v) is 2.47. The Bertz CT molecular complexity index is 461. The molecule has 1 atom stereocenters. The predicted octanol–water partition coefficient (Wildman–Crippen LogP) is 2.09. The molecule has 2 heterocycles. The fraction of sp³-hybridized carbons (Fsp3) is 0.500. The lowest BCUT2D eigenvalue weighted by Gasteiger charge is -2.26. The van der Waals surface area contributed by atoms with Gasteiger partial charge in [-0.3, -0.25) is 15.1 Å². The van der Waals surface area contributed by atoms with Gasteiger partial charge >= 0.3 is 6.03 Å². The number of unbranched alkanes of at least 4 members (excludes halogenated alkanes) is 3. The summed E-state index contributed by atoms with van der Waals surface area (Å²) in [5.74, 6) is -0.264. The SMILES string of the molecule is CCCCCCC1(c2ccncc2)NC(=O)NC1=O.